The molecule has 0 aromatic carbocycles. The predicted octanol–water partition coefficient (Wildman–Crippen LogP) is 1.99. The number of allylic oxidation sites excluding steroid dienone is 4. The second-order valence-corrected chi connectivity index (χ2v) is 10.0. The third-order valence-corrected chi connectivity index (χ3v) is 8.91. The number of carbonyl (C=O) groups excluding carboxylic acids is 2. The summed E-state index contributed by atoms with van der Waals surface area (Å²) in [5.74, 6) is 0.570. The lowest BCUT2D eigenvalue weighted by molar-refractivity contribution is -0.146. The van der Waals surface area contributed by atoms with Gasteiger partial charge < -0.3 is 14.9 Å². The van der Waals surface area contributed by atoms with E-state index in [1.54, 1.807) is 19.1 Å². The van der Waals surface area contributed by atoms with Crippen LogP contribution in [0.4, 0.5) is 0 Å². The highest BCUT2D eigenvalue weighted by atomic mass is 16.5. The number of ether oxygens (including phenoxy) is 1. The zero-order valence-electron chi connectivity index (χ0n) is 17.2. The smallest absolute Gasteiger partial charge is 0.190 e. The maximum atomic E-state index is 13.0. The molecule has 2 N–H and O–H groups in total. The van der Waals surface area contributed by atoms with Gasteiger partial charge in [0.1, 0.15) is 12.7 Å². The van der Waals surface area contributed by atoms with Crippen molar-refractivity contribution in [2.24, 2.45) is 33.6 Å². The summed E-state index contributed by atoms with van der Waals surface area (Å²) < 4.78 is 6.00. The number of hydrogen-bond acceptors (Lipinski definition) is 6. The number of aliphatic hydroxyl groups excluding tert-OH is 2. The molecular formula is C23H29NO5. The molecule has 0 bridgehead atoms. The van der Waals surface area contributed by atoms with Gasteiger partial charge in [-0.25, -0.2) is 4.99 Å². The number of aliphatic hydroxyl groups is 2. The van der Waals surface area contributed by atoms with Crippen molar-refractivity contribution < 1.29 is 24.5 Å². The van der Waals surface area contributed by atoms with Crippen LogP contribution in [0.15, 0.2) is 28.8 Å². The third kappa shape index (κ3) is 2.17. The first-order valence-corrected chi connectivity index (χ1v) is 10.7. The lowest BCUT2D eigenvalue weighted by atomic mass is 9.46. The van der Waals surface area contributed by atoms with E-state index in [2.05, 4.69) is 13.8 Å². The Bertz CT molecular complexity index is 890. The fraction of sp³-hybridized carbons (Fsp3) is 0.696. The zero-order valence-corrected chi connectivity index (χ0v) is 17.2. The molecule has 5 aliphatic rings. The lowest BCUT2D eigenvalue weighted by Gasteiger charge is -2.59. The standard InChI is InChI=1S/C23H29NO5/c1-12-24-23(18(28)11-25)19(29-12)9-16-15-5-4-13-8-14(26)6-7-21(13,2)20(15)17(27)10-22(16,23)3/h6-8,15-17,19-20,25,27H,4-5,9-11H2,1-3H3/t15?,16?,17?,19?,20?,21-,22-,23+/m0/s1. The third-order valence-electron chi connectivity index (χ3n) is 8.91. The van der Waals surface area contributed by atoms with Crippen LogP contribution in [0.2, 0.25) is 0 Å². The van der Waals surface area contributed by atoms with Crippen molar-refractivity contribution in [1.29, 1.82) is 0 Å². The lowest BCUT2D eigenvalue weighted by Crippen LogP contribution is -2.62. The molecule has 0 aromatic rings. The van der Waals surface area contributed by atoms with Crippen LogP contribution < -0.4 is 0 Å². The molecule has 5 unspecified atom stereocenters. The molecule has 0 amide bonds. The molecule has 3 saturated carbocycles. The van der Waals surface area contributed by atoms with E-state index >= 15 is 0 Å². The van der Waals surface area contributed by atoms with Crippen molar-refractivity contribution in [3.05, 3.63) is 23.8 Å². The number of hydrogen-bond donors (Lipinski definition) is 2. The van der Waals surface area contributed by atoms with E-state index in [1.165, 1.54) is 0 Å². The summed E-state index contributed by atoms with van der Waals surface area (Å²) in [5, 5.41) is 21.2. The van der Waals surface area contributed by atoms with Crippen LogP contribution in [0.25, 0.3) is 0 Å². The van der Waals surface area contributed by atoms with Gasteiger partial charge >= 0.3 is 0 Å². The van der Waals surface area contributed by atoms with Gasteiger partial charge in [-0.05, 0) is 49.7 Å². The minimum atomic E-state index is -1.11. The van der Waals surface area contributed by atoms with Crippen LogP contribution in [0, 0.1) is 28.6 Å². The van der Waals surface area contributed by atoms with Crippen molar-refractivity contribution in [2.45, 2.75) is 64.2 Å². The molecular weight excluding hydrogens is 370 g/mol. The second-order valence-electron chi connectivity index (χ2n) is 10.0. The molecule has 1 aliphatic heterocycles. The van der Waals surface area contributed by atoms with Gasteiger partial charge in [-0.2, -0.15) is 0 Å². The van der Waals surface area contributed by atoms with Crippen molar-refractivity contribution in [2.75, 3.05) is 6.61 Å². The predicted molar refractivity (Wildman–Crippen MR) is 106 cm³/mol. The Morgan fingerprint density at radius 1 is 1.38 bits per heavy atom. The minimum Gasteiger partial charge on any atom is -0.475 e. The molecule has 156 valence electrons. The second kappa shape index (κ2) is 5.88. The normalized spacial score (nSPS) is 50.0. The molecule has 5 rings (SSSR count). The highest BCUT2D eigenvalue weighted by molar-refractivity contribution is 6.01. The van der Waals surface area contributed by atoms with E-state index in [1.807, 2.05) is 6.08 Å². The number of Topliss-reactive ketones (excluding diaryl/α,β-unsaturated/α-hetero) is 1. The quantitative estimate of drug-likeness (QED) is 0.740. The number of aliphatic imine (C=N–C) groups is 1. The number of ketones is 2. The van der Waals surface area contributed by atoms with Gasteiger partial charge in [-0.3, -0.25) is 9.59 Å². The van der Waals surface area contributed by atoms with Crippen molar-refractivity contribution in [3.8, 4) is 0 Å². The molecule has 6 nitrogen and oxygen atoms in total. The first-order valence-electron chi connectivity index (χ1n) is 10.7. The fourth-order valence-corrected chi connectivity index (χ4v) is 7.81. The van der Waals surface area contributed by atoms with E-state index in [0.29, 0.717) is 18.7 Å². The van der Waals surface area contributed by atoms with Gasteiger partial charge in [0.15, 0.2) is 23.0 Å². The highest BCUT2D eigenvalue weighted by Gasteiger charge is 2.74. The van der Waals surface area contributed by atoms with Crippen LogP contribution >= 0.6 is 0 Å². The maximum absolute atomic E-state index is 13.0. The molecule has 6 heteroatoms. The van der Waals surface area contributed by atoms with Gasteiger partial charge in [0.2, 0.25) is 0 Å². The van der Waals surface area contributed by atoms with Crippen LogP contribution in [-0.2, 0) is 14.3 Å². The number of carbonyl (C=O) groups is 2. The number of rotatable bonds is 2. The van der Waals surface area contributed by atoms with E-state index in [-0.39, 0.29) is 40.8 Å². The summed E-state index contributed by atoms with van der Waals surface area (Å²) in [6, 6.07) is 0. The van der Waals surface area contributed by atoms with Crippen LogP contribution in [0.3, 0.4) is 0 Å². The van der Waals surface area contributed by atoms with E-state index in [9.17, 15) is 19.8 Å². The van der Waals surface area contributed by atoms with Gasteiger partial charge in [0, 0.05) is 23.7 Å². The number of nitrogens with zero attached hydrogens (tertiary/aromatic N) is 1. The van der Waals surface area contributed by atoms with E-state index in [0.717, 1.165) is 18.4 Å². The Kier molecular flexibility index (Phi) is 3.89. The summed E-state index contributed by atoms with van der Waals surface area (Å²) in [7, 11) is 0. The molecule has 29 heavy (non-hydrogen) atoms. The topological polar surface area (TPSA) is 96.2 Å². The zero-order chi connectivity index (χ0) is 20.8. The first kappa shape index (κ1) is 19.2. The molecule has 0 radical (unpaired) electrons. The summed E-state index contributed by atoms with van der Waals surface area (Å²) in [5.41, 5.74) is -0.915. The van der Waals surface area contributed by atoms with E-state index in [4.69, 9.17) is 9.73 Å². The van der Waals surface area contributed by atoms with E-state index < -0.39 is 23.7 Å². The average molecular weight is 399 g/mol. The Hall–Kier alpha value is -1.79. The molecule has 0 saturated heterocycles. The summed E-state index contributed by atoms with van der Waals surface area (Å²) in [6.45, 7) is 5.38. The summed E-state index contributed by atoms with van der Waals surface area (Å²) in [4.78, 5) is 29.7. The largest absolute Gasteiger partial charge is 0.475 e. The Labute approximate surface area is 170 Å². The number of fused-ring (bicyclic) bond motifs is 7. The minimum absolute atomic E-state index is 0.00453. The summed E-state index contributed by atoms with van der Waals surface area (Å²) >= 11 is 0. The van der Waals surface area contributed by atoms with Crippen LogP contribution in [-0.4, -0.2) is 52.0 Å². The Balaban J connectivity index is 1.61. The van der Waals surface area contributed by atoms with Crippen molar-refractivity contribution >= 4 is 17.5 Å². The molecule has 3 fully saturated rings. The van der Waals surface area contributed by atoms with Gasteiger partial charge in [0.25, 0.3) is 0 Å². The SMILES string of the molecule is CC1=N[C@]2(C(=O)CO)C(CC3C4CCC5=CC(=O)C=C[C@]5(C)C4C(O)C[C@@]32C)O1. The van der Waals surface area contributed by atoms with Gasteiger partial charge in [-0.1, -0.05) is 25.5 Å². The first-order chi connectivity index (χ1) is 13.7. The fourth-order valence-electron chi connectivity index (χ4n) is 7.81. The molecule has 0 aromatic heterocycles. The molecule has 8 atom stereocenters. The molecule has 1 heterocycles. The average Bonchev–Trinajstić information content (AvgIpc) is 3.12. The van der Waals surface area contributed by atoms with Crippen molar-refractivity contribution in [1.82, 2.24) is 0 Å². The monoisotopic (exact) mass is 399 g/mol. The molecule has 0 spiro atoms. The summed E-state index contributed by atoms with van der Waals surface area (Å²) in [6.07, 6.45) is 7.20. The van der Waals surface area contributed by atoms with Crippen LogP contribution in [0.1, 0.15) is 46.5 Å². The Morgan fingerprint density at radius 2 is 2.14 bits per heavy atom. The van der Waals surface area contributed by atoms with Gasteiger partial charge in [0.05, 0.1) is 6.10 Å². The molecule has 4 aliphatic carbocycles. The maximum Gasteiger partial charge on any atom is 0.190 e. The Morgan fingerprint density at radius 3 is 2.86 bits per heavy atom. The van der Waals surface area contributed by atoms with Crippen molar-refractivity contribution in [3.63, 3.8) is 0 Å². The van der Waals surface area contributed by atoms with Crippen LogP contribution in [0.5, 0.6) is 0 Å². The van der Waals surface area contributed by atoms with Gasteiger partial charge in [-0.15, -0.1) is 0 Å². The highest BCUT2D eigenvalue weighted by Crippen LogP contribution is 2.69.